The SMILES string of the molecule is CCCC1(CCC)CC2=C(CN1)N(c1ccccc1)C=C1N=CC=CN12. The molecule has 3 aliphatic heterocycles. The summed E-state index contributed by atoms with van der Waals surface area (Å²) in [6, 6.07) is 10.6. The van der Waals surface area contributed by atoms with E-state index in [0.717, 1.165) is 18.8 Å². The third kappa shape index (κ3) is 2.99. The van der Waals surface area contributed by atoms with E-state index in [1.807, 2.05) is 12.3 Å². The van der Waals surface area contributed by atoms with Gasteiger partial charge in [-0.3, -0.25) is 0 Å². The van der Waals surface area contributed by atoms with Gasteiger partial charge in [-0.1, -0.05) is 44.9 Å². The van der Waals surface area contributed by atoms with Crippen molar-refractivity contribution < 1.29 is 0 Å². The van der Waals surface area contributed by atoms with E-state index in [2.05, 4.69) is 76.7 Å². The van der Waals surface area contributed by atoms with E-state index in [9.17, 15) is 0 Å². The van der Waals surface area contributed by atoms with E-state index >= 15 is 0 Å². The molecule has 1 aromatic carbocycles. The lowest BCUT2D eigenvalue weighted by Crippen LogP contribution is -2.53. The molecule has 4 rings (SSSR count). The van der Waals surface area contributed by atoms with Crippen LogP contribution in [0.4, 0.5) is 5.69 Å². The molecule has 1 N–H and O–H groups in total. The van der Waals surface area contributed by atoms with Crippen LogP contribution in [0.1, 0.15) is 46.0 Å². The molecule has 26 heavy (non-hydrogen) atoms. The molecule has 0 saturated carbocycles. The van der Waals surface area contributed by atoms with E-state index in [-0.39, 0.29) is 5.54 Å². The molecule has 0 atom stereocenters. The number of nitrogens with one attached hydrogen (secondary N) is 1. The van der Waals surface area contributed by atoms with Gasteiger partial charge in [0.2, 0.25) is 0 Å². The van der Waals surface area contributed by atoms with Crippen molar-refractivity contribution in [2.75, 3.05) is 11.4 Å². The van der Waals surface area contributed by atoms with Crippen LogP contribution in [-0.2, 0) is 0 Å². The van der Waals surface area contributed by atoms with Crippen LogP contribution in [0.2, 0.25) is 0 Å². The Kier molecular flexibility index (Phi) is 4.68. The summed E-state index contributed by atoms with van der Waals surface area (Å²) in [7, 11) is 0. The summed E-state index contributed by atoms with van der Waals surface area (Å²) in [4.78, 5) is 9.24. The number of hydrogen-bond donors (Lipinski definition) is 1. The highest BCUT2D eigenvalue weighted by molar-refractivity contribution is 5.74. The number of allylic oxidation sites excluding steroid dienone is 1. The van der Waals surface area contributed by atoms with E-state index < -0.39 is 0 Å². The Morgan fingerprint density at radius 2 is 1.81 bits per heavy atom. The lowest BCUT2D eigenvalue weighted by molar-refractivity contribution is 0.244. The number of nitrogens with zero attached hydrogens (tertiary/aromatic N) is 3. The number of hydrogen-bond acceptors (Lipinski definition) is 4. The Morgan fingerprint density at radius 3 is 2.54 bits per heavy atom. The molecule has 0 saturated heterocycles. The van der Waals surface area contributed by atoms with Gasteiger partial charge in [0.05, 0.1) is 11.9 Å². The fourth-order valence-corrected chi connectivity index (χ4v) is 4.46. The molecule has 136 valence electrons. The number of rotatable bonds is 5. The van der Waals surface area contributed by atoms with Crippen LogP contribution in [0.15, 0.2) is 71.0 Å². The summed E-state index contributed by atoms with van der Waals surface area (Å²) in [5.41, 5.74) is 4.11. The Bertz CT molecular complexity index is 767. The van der Waals surface area contributed by atoms with Gasteiger partial charge in [0.15, 0.2) is 5.82 Å². The number of benzene rings is 1. The average molecular weight is 348 g/mol. The number of anilines is 1. The summed E-state index contributed by atoms with van der Waals surface area (Å²) in [5.74, 6) is 0.999. The second-order valence-electron chi connectivity index (χ2n) is 7.39. The van der Waals surface area contributed by atoms with Crippen LogP contribution < -0.4 is 10.2 Å². The van der Waals surface area contributed by atoms with Gasteiger partial charge >= 0.3 is 0 Å². The van der Waals surface area contributed by atoms with Gasteiger partial charge in [0.1, 0.15) is 0 Å². The maximum absolute atomic E-state index is 4.64. The molecule has 0 radical (unpaired) electrons. The van der Waals surface area contributed by atoms with Crippen LogP contribution in [0.25, 0.3) is 0 Å². The van der Waals surface area contributed by atoms with Gasteiger partial charge in [0.25, 0.3) is 0 Å². The van der Waals surface area contributed by atoms with E-state index in [0.29, 0.717) is 0 Å². The molecule has 0 aromatic heterocycles. The first kappa shape index (κ1) is 17.1. The topological polar surface area (TPSA) is 30.9 Å². The number of aliphatic imine (C=N–C) groups is 1. The second kappa shape index (κ2) is 7.12. The number of para-hydroxylation sites is 1. The first-order chi connectivity index (χ1) is 12.8. The fourth-order valence-electron chi connectivity index (χ4n) is 4.46. The maximum Gasteiger partial charge on any atom is 0.153 e. The van der Waals surface area contributed by atoms with Crippen LogP contribution in [0.3, 0.4) is 0 Å². The van der Waals surface area contributed by atoms with Gasteiger partial charge in [-0.05, 0) is 31.1 Å². The molecule has 3 aliphatic rings. The van der Waals surface area contributed by atoms with Crippen LogP contribution >= 0.6 is 0 Å². The molecule has 0 fully saturated rings. The van der Waals surface area contributed by atoms with E-state index in [1.165, 1.54) is 42.8 Å². The lowest BCUT2D eigenvalue weighted by atomic mass is 9.80. The highest BCUT2D eigenvalue weighted by atomic mass is 15.3. The number of fused-ring (bicyclic) bond motifs is 2. The normalized spacial score (nSPS) is 20.8. The minimum absolute atomic E-state index is 0.197. The van der Waals surface area contributed by atoms with Crippen LogP contribution in [0.5, 0.6) is 0 Å². The summed E-state index contributed by atoms with van der Waals surface area (Å²) in [6.07, 6.45) is 14.1. The summed E-state index contributed by atoms with van der Waals surface area (Å²) in [5, 5.41) is 3.91. The zero-order valence-corrected chi connectivity index (χ0v) is 15.8. The van der Waals surface area contributed by atoms with Gasteiger partial charge in [-0.15, -0.1) is 0 Å². The molecule has 1 aromatic rings. The standard InChI is InChI=1S/C22H28N4/c1-3-11-22(12-4-2)15-19-20(16-24-22)26(18-9-6-5-7-10-18)17-21-23-13-8-14-25(19)21/h5-10,13-14,17,24H,3-4,11-12,15-16H2,1-2H3. The van der Waals surface area contributed by atoms with Crippen molar-refractivity contribution in [1.82, 2.24) is 10.2 Å². The maximum atomic E-state index is 4.64. The van der Waals surface area contributed by atoms with Crippen molar-refractivity contribution >= 4 is 11.9 Å². The third-order valence-electron chi connectivity index (χ3n) is 5.56. The van der Waals surface area contributed by atoms with E-state index in [4.69, 9.17) is 0 Å². The van der Waals surface area contributed by atoms with Crippen molar-refractivity contribution in [1.29, 1.82) is 0 Å². The molecule has 0 spiro atoms. The molecule has 0 unspecified atom stereocenters. The Hall–Kier alpha value is -2.33. The van der Waals surface area contributed by atoms with E-state index in [1.54, 1.807) is 0 Å². The summed E-state index contributed by atoms with van der Waals surface area (Å²) < 4.78 is 0. The zero-order valence-electron chi connectivity index (χ0n) is 15.8. The first-order valence-electron chi connectivity index (χ1n) is 9.79. The summed E-state index contributed by atoms with van der Waals surface area (Å²) >= 11 is 0. The van der Waals surface area contributed by atoms with Crippen molar-refractivity contribution in [2.45, 2.75) is 51.5 Å². The van der Waals surface area contributed by atoms with Gasteiger partial charge < -0.3 is 15.1 Å². The predicted molar refractivity (Wildman–Crippen MR) is 109 cm³/mol. The minimum atomic E-state index is 0.197. The molecule has 4 heteroatoms. The van der Waals surface area contributed by atoms with Gasteiger partial charge in [0, 0.05) is 42.3 Å². The molecule has 0 aliphatic carbocycles. The quantitative estimate of drug-likeness (QED) is 0.833. The average Bonchev–Trinajstić information content (AvgIpc) is 2.68. The van der Waals surface area contributed by atoms with Gasteiger partial charge in [-0.25, -0.2) is 4.99 Å². The summed E-state index contributed by atoms with van der Waals surface area (Å²) in [6.45, 7) is 5.47. The Balaban J connectivity index is 1.76. The highest BCUT2D eigenvalue weighted by Crippen LogP contribution is 2.41. The second-order valence-corrected chi connectivity index (χ2v) is 7.39. The lowest BCUT2D eigenvalue weighted by Gasteiger charge is -2.47. The first-order valence-corrected chi connectivity index (χ1v) is 9.79. The zero-order chi connectivity index (χ0) is 18.0. The van der Waals surface area contributed by atoms with Crippen molar-refractivity contribution in [3.63, 3.8) is 0 Å². The minimum Gasteiger partial charge on any atom is -0.314 e. The smallest absolute Gasteiger partial charge is 0.153 e. The van der Waals surface area contributed by atoms with Gasteiger partial charge in [-0.2, -0.15) is 0 Å². The molecule has 4 nitrogen and oxygen atoms in total. The highest BCUT2D eigenvalue weighted by Gasteiger charge is 2.39. The monoisotopic (exact) mass is 348 g/mol. The molecule has 3 heterocycles. The molecular weight excluding hydrogens is 320 g/mol. The van der Waals surface area contributed by atoms with Crippen molar-refractivity contribution in [3.8, 4) is 0 Å². The Morgan fingerprint density at radius 1 is 1.04 bits per heavy atom. The Labute approximate surface area is 156 Å². The third-order valence-corrected chi connectivity index (χ3v) is 5.56. The van der Waals surface area contributed by atoms with Crippen molar-refractivity contribution in [3.05, 3.63) is 66.0 Å². The fraction of sp³-hybridized carbons (Fsp3) is 0.409. The molecular formula is C22H28N4. The predicted octanol–water partition coefficient (Wildman–Crippen LogP) is 4.75. The van der Waals surface area contributed by atoms with Crippen molar-refractivity contribution in [2.24, 2.45) is 4.99 Å². The molecule has 0 bridgehead atoms. The largest absolute Gasteiger partial charge is 0.314 e. The van der Waals surface area contributed by atoms with Crippen LogP contribution in [-0.4, -0.2) is 23.2 Å². The van der Waals surface area contributed by atoms with Crippen LogP contribution in [0, 0.1) is 0 Å². The molecule has 0 amide bonds.